The maximum absolute atomic E-state index is 11.6. The van der Waals surface area contributed by atoms with Gasteiger partial charge in [-0.1, -0.05) is 17.7 Å². The number of rotatable bonds is 6. The highest BCUT2D eigenvalue weighted by Gasteiger charge is 2.11. The van der Waals surface area contributed by atoms with E-state index in [4.69, 9.17) is 5.14 Å². The Bertz CT molecular complexity index is 541. The van der Waals surface area contributed by atoms with Gasteiger partial charge in [-0.15, -0.1) is 0 Å². The minimum atomic E-state index is -3.74. The van der Waals surface area contributed by atoms with Crippen LogP contribution in [-0.2, 0) is 21.4 Å². The molecule has 1 unspecified atom stereocenters. The van der Waals surface area contributed by atoms with E-state index in [1.165, 1.54) is 18.3 Å². The van der Waals surface area contributed by atoms with E-state index in [9.17, 15) is 13.0 Å². The van der Waals surface area contributed by atoms with Crippen molar-refractivity contribution in [2.45, 2.75) is 31.6 Å². The fraction of sp³-hybridized carbons (Fsp3) is 0.455. The number of hydrogen-bond acceptors (Lipinski definition) is 5. The SMILES string of the molecule is CCCC[S+]([O-])N=C(C)c1ccc(S(N)(=O)=O)cn1. The van der Waals surface area contributed by atoms with Crippen molar-refractivity contribution in [2.24, 2.45) is 9.54 Å². The van der Waals surface area contributed by atoms with E-state index in [1.54, 1.807) is 6.92 Å². The fourth-order valence-corrected chi connectivity index (χ4v) is 2.76. The van der Waals surface area contributed by atoms with Gasteiger partial charge < -0.3 is 4.55 Å². The van der Waals surface area contributed by atoms with Crippen molar-refractivity contribution in [3.05, 3.63) is 24.0 Å². The lowest BCUT2D eigenvalue weighted by Crippen LogP contribution is -2.13. The molecule has 1 atom stereocenters. The van der Waals surface area contributed by atoms with Crippen LogP contribution < -0.4 is 5.14 Å². The highest BCUT2D eigenvalue weighted by molar-refractivity contribution is 7.90. The summed E-state index contributed by atoms with van der Waals surface area (Å²) in [5.41, 5.74) is 0.993. The number of primary sulfonamides is 1. The molecule has 0 bridgehead atoms. The molecule has 0 aromatic carbocycles. The lowest BCUT2D eigenvalue weighted by atomic mass is 10.3. The third-order valence-electron chi connectivity index (χ3n) is 2.35. The van der Waals surface area contributed by atoms with Crippen molar-refractivity contribution in [1.82, 2.24) is 4.98 Å². The Hall–Kier alpha value is -0.960. The van der Waals surface area contributed by atoms with Crippen LogP contribution in [0.25, 0.3) is 0 Å². The summed E-state index contributed by atoms with van der Waals surface area (Å²) < 4.78 is 37.8. The van der Waals surface area contributed by atoms with Crippen molar-refractivity contribution in [2.75, 3.05) is 5.75 Å². The Labute approximate surface area is 116 Å². The van der Waals surface area contributed by atoms with Crippen molar-refractivity contribution >= 4 is 27.1 Å². The van der Waals surface area contributed by atoms with E-state index < -0.39 is 21.4 Å². The van der Waals surface area contributed by atoms with Gasteiger partial charge >= 0.3 is 0 Å². The number of aromatic nitrogens is 1. The second-order valence-electron chi connectivity index (χ2n) is 3.98. The predicted octanol–water partition coefficient (Wildman–Crippen LogP) is 1.00. The second kappa shape index (κ2) is 6.99. The van der Waals surface area contributed by atoms with E-state index in [-0.39, 0.29) is 4.90 Å². The summed E-state index contributed by atoms with van der Waals surface area (Å²) in [5.74, 6) is 0.517. The normalized spacial score (nSPS) is 14.4. The van der Waals surface area contributed by atoms with Gasteiger partial charge in [-0.3, -0.25) is 4.98 Å². The van der Waals surface area contributed by atoms with Crippen LogP contribution in [0.5, 0.6) is 0 Å². The predicted molar refractivity (Wildman–Crippen MR) is 75.7 cm³/mol. The smallest absolute Gasteiger partial charge is 0.239 e. The molecule has 0 radical (unpaired) electrons. The van der Waals surface area contributed by atoms with Gasteiger partial charge in [0, 0.05) is 6.20 Å². The molecule has 0 spiro atoms. The molecule has 19 heavy (non-hydrogen) atoms. The van der Waals surface area contributed by atoms with Crippen molar-refractivity contribution < 1.29 is 13.0 Å². The fourth-order valence-electron chi connectivity index (χ4n) is 1.28. The molecule has 2 N–H and O–H groups in total. The van der Waals surface area contributed by atoms with E-state index in [0.29, 0.717) is 17.2 Å². The van der Waals surface area contributed by atoms with Crippen LogP contribution >= 0.6 is 0 Å². The first kappa shape index (κ1) is 16.1. The molecule has 106 valence electrons. The average Bonchev–Trinajstić information content (AvgIpc) is 2.35. The number of nitrogens with two attached hydrogens (primary N) is 1. The molecule has 1 aromatic rings. The lowest BCUT2D eigenvalue weighted by Gasteiger charge is -2.05. The molecule has 0 aliphatic carbocycles. The van der Waals surface area contributed by atoms with Gasteiger partial charge in [0.05, 0.1) is 17.1 Å². The molecule has 0 saturated heterocycles. The zero-order chi connectivity index (χ0) is 14.5. The highest BCUT2D eigenvalue weighted by Crippen LogP contribution is 2.08. The van der Waals surface area contributed by atoms with Crippen LogP contribution in [-0.4, -0.2) is 29.4 Å². The maximum Gasteiger partial charge on any atom is 0.239 e. The molecule has 1 heterocycles. The minimum absolute atomic E-state index is 0.0591. The van der Waals surface area contributed by atoms with Crippen LogP contribution in [0.2, 0.25) is 0 Å². The first-order valence-electron chi connectivity index (χ1n) is 5.77. The Morgan fingerprint density at radius 1 is 1.53 bits per heavy atom. The van der Waals surface area contributed by atoms with E-state index in [2.05, 4.69) is 9.38 Å². The van der Waals surface area contributed by atoms with Crippen molar-refractivity contribution in [1.29, 1.82) is 0 Å². The van der Waals surface area contributed by atoms with Crippen LogP contribution in [0.4, 0.5) is 0 Å². The van der Waals surface area contributed by atoms with Gasteiger partial charge in [0.1, 0.15) is 16.4 Å². The van der Waals surface area contributed by atoms with Crippen molar-refractivity contribution in [3.8, 4) is 0 Å². The van der Waals surface area contributed by atoms with E-state index in [0.717, 1.165) is 12.8 Å². The Morgan fingerprint density at radius 2 is 2.21 bits per heavy atom. The summed E-state index contributed by atoms with van der Waals surface area (Å²) in [6.45, 7) is 3.70. The summed E-state index contributed by atoms with van der Waals surface area (Å²) in [6.07, 6.45) is 2.97. The maximum atomic E-state index is 11.6. The Morgan fingerprint density at radius 3 is 2.68 bits per heavy atom. The number of sulfonamides is 1. The molecule has 1 aromatic heterocycles. The monoisotopic (exact) mass is 303 g/mol. The summed E-state index contributed by atoms with van der Waals surface area (Å²) in [6, 6.07) is 2.85. The van der Waals surface area contributed by atoms with E-state index in [1.807, 2.05) is 6.92 Å². The molecule has 0 amide bonds. The third-order valence-corrected chi connectivity index (χ3v) is 4.36. The number of hydrogen-bond donors (Lipinski definition) is 1. The standard InChI is InChI=1S/C11H17N3O3S2/c1-3-4-7-18(15)14-9(2)11-6-5-10(8-13-11)19(12,16)17/h5-6,8H,3-4,7H2,1-2H3,(H2,12,16,17). The number of nitrogens with zero attached hydrogens (tertiary/aromatic N) is 2. The quantitative estimate of drug-likeness (QED) is 0.624. The minimum Gasteiger partial charge on any atom is -0.591 e. The third kappa shape index (κ3) is 5.27. The van der Waals surface area contributed by atoms with Gasteiger partial charge in [0.2, 0.25) is 10.0 Å². The largest absolute Gasteiger partial charge is 0.591 e. The van der Waals surface area contributed by atoms with Crippen molar-refractivity contribution in [3.63, 3.8) is 0 Å². The van der Waals surface area contributed by atoms with E-state index >= 15 is 0 Å². The van der Waals surface area contributed by atoms with Gasteiger partial charge in [0.15, 0.2) is 0 Å². The zero-order valence-electron chi connectivity index (χ0n) is 10.9. The van der Waals surface area contributed by atoms with Gasteiger partial charge in [-0.2, -0.15) is 0 Å². The average molecular weight is 303 g/mol. The molecule has 0 saturated carbocycles. The first-order chi connectivity index (χ1) is 8.84. The van der Waals surface area contributed by atoms with Gasteiger partial charge in [-0.05, 0) is 25.5 Å². The van der Waals surface area contributed by atoms with Gasteiger partial charge in [-0.25, -0.2) is 13.6 Å². The number of pyridine rings is 1. The first-order valence-corrected chi connectivity index (χ1v) is 8.60. The molecule has 0 fully saturated rings. The molecule has 8 heteroatoms. The summed E-state index contributed by atoms with van der Waals surface area (Å²) in [5, 5.41) is 4.97. The number of unbranched alkanes of at least 4 members (excludes halogenated alkanes) is 1. The van der Waals surface area contributed by atoms with Gasteiger partial charge in [0.25, 0.3) is 0 Å². The summed E-state index contributed by atoms with van der Waals surface area (Å²) in [7, 11) is -3.74. The topological polar surface area (TPSA) is 108 Å². The van der Waals surface area contributed by atoms with Crippen LogP contribution in [0.15, 0.2) is 27.6 Å². The molecular weight excluding hydrogens is 286 g/mol. The molecular formula is C11H17N3O3S2. The molecule has 6 nitrogen and oxygen atoms in total. The summed E-state index contributed by atoms with van der Waals surface area (Å²) >= 11 is -1.27. The van der Waals surface area contributed by atoms with Crippen LogP contribution in [0, 0.1) is 0 Å². The Kier molecular flexibility index (Phi) is 5.92. The molecule has 1 rings (SSSR count). The van der Waals surface area contributed by atoms with Crippen LogP contribution in [0.1, 0.15) is 32.4 Å². The molecule has 0 aliphatic heterocycles. The lowest BCUT2D eigenvalue weighted by molar-refractivity contribution is 0.593. The Balaban J connectivity index is 2.83. The highest BCUT2D eigenvalue weighted by atomic mass is 32.2. The zero-order valence-corrected chi connectivity index (χ0v) is 12.5. The summed E-state index contributed by atoms with van der Waals surface area (Å²) in [4.78, 5) is 3.89. The molecule has 0 aliphatic rings. The second-order valence-corrected chi connectivity index (χ2v) is 6.78. The van der Waals surface area contributed by atoms with Crippen LogP contribution in [0.3, 0.4) is 0 Å².